The minimum atomic E-state index is -1.17. The van der Waals surface area contributed by atoms with Crippen LogP contribution in [0.25, 0.3) is 0 Å². The molecule has 4 heteroatoms. The van der Waals surface area contributed by atoms with Gasteiger partial charge in [0, 0.05) is 27.1 Å². The molecule has 0 amide bonds. The van der Waals surface area contributed by atoms with Crippen LogP contribution in [-0.2, 0) is 22.3 Å². The van der Waals surface area contributed by atoms with Crippen molar-refractivity contribution in [3.63, 3.8) is 0 Å². The van der Waals surface area contributed by atoms with Crippen LogP contribution in [0.2, 0.25) is 5.02 Å². The first-order valence-corrected chi connectivity index (χ1v) is 7.76. The van der Waals surface area contributed by atoms with Gasteiger partial charge in [-0.15, -0.1) is 0 Å². The Bertz CT molecular complexity index is 575. The second kappa shape index (κ2) is 6.31. The molecule has 0 saturated carbocycles. The monoisotopic (exact) mass is 296 g/mol. The number of hydrogen-bond donors (Lipinski definition) is 0. The van der Waals surface area contributed by atoms with E-state index in [1.54, 1.807) is 12.1 Å². The van der Waals surface area contributed by atoms with Gasteiger partial charge in [0.2, 0.25) is 0 Å². The molecule has 0 bridgehead atoms. The third-order valence-corrected chi connectivity index (χ3v) is 4.44. The van der Waals surface area contributed by atoms with Gasteiger partial charge in [0.05, 0.1) is 5.75 Å². The number of rotatable bonds is 4. The molecular weight excluding hydrogens is 283 g/mol. The van der Waals surface area contributed by atoms with Crippen molar-refractivity contribution in [1.82, 2.24) is 0 Å². The fourth-order valence-electron chi connectivity index (χ4n) is 1.75. The lowest BCUT2D eigenvalue weighted by molar-refractivity contribution is 0.615. The second-order valence-corrected chi connectivity index (χ2v) is 6.28. The molecule has 2 aromatic rings. The average molecular weight is 297 g/mol. The van der Waals surface area contributed by atoms with Gasteiger partial charge in [-0.2, -0.15) is 0 Å². The second-order valence-electron chi connectivity index (χ2n) is 4.41. The highest BCUT2D eigenvalue weighted by Crippen LogP contribution is 2.21. The Balaban J connectivity index is 2.07. The van der Waals surface area contributed by atoms with E-state index in [-0.39, 0.29) is 5.75 Å². The van der Waals surface area contributed by atoms with Crippen LogP contribution in [0, 0.1) is 12.7 Å². The Morgan fingerprint density at radius 3 is 2.42 bits per heavy atom. The van der Waals surface area contributed by atoms with Crippen molar-refractivity contribution in [1.29, 1.82) is 0 Å². The van der Waals surface area contributed by atoms with Gasteiger partial charge >= 0.3 is 0 Å². The summed E-state index contributed by atoms with van der Waals surface area (Å²) < 4.78 is 25.6. The largest absolute Gasteiger partial charge is 0.259 e. The molecule has 1 nitrogen and oxygen atoms in total. The van der Waals surface area contributed by atoms with E-state index in [9.17, 15) is 8.60 Å². The molecule has 19 heavy (non-hydrogen) atoms. The maximum absolute atomic E-state index is 13.6. The number of halogens is 2. The first-order chi connectivity index (χ1) is 9.06. The summed E-state index contributed by atoms with van der Waals surface area (Å²) in [6.45, 7) is 2.00. The van der Waals surface area contributed by atoms with Crippen LogP contribution in [0.5, 0.6) is 0 Å². The molecule has 0 aliphatic rings. The normalized spacial score (nSPS) is 12.4. The molecule has 0 aliphatic carbocycles. The summed E-state index contributed by atoms with van der Waals surface area (Å²) in [5, 5.41) is 0.331. The number of hydrogen-bond acceptors (Lipinski definition) is 1. The van der Waals surface area contributed by atoms with Gasteiger partial charge in [0.25, 0.3) is 0 Å². The summed E-state index contributed by atoms with van der Waals surface area (Å²) in [6, 6.07) is 12.3. The Morgan fingerprint density at radius 2 is 1.79 bits per heavy atom. The van der Waals surface area contributed by atoms with Crippen molar-refractivity contribution in [2.75, 3.05) is 0 Å². The fraction of sp³-hybridized carbons (Fsp3) is 0.200. The van der Waals surface area contributed by atoms with Crippen molar-refractivity contribution >= 4 is 22.4 Å². The predicted octanol–water partition coefficient (Wildman–Crippen LogP) is 4.24. The van der Waals surface area contributed by atoms with Crippen molar-refractivity contribution in [3.8, 4) is 0 Å². The van der Waals surface area contributed by atoms with E-state index >= 15 is 0 Å². The van der Waals surface area contributed by atoms with Crippen LogP contribution >= 0.6 is 11.6 Å². The van der Waals surface area contributed by atoms with Crippen molar-refractivity contribution in [3.05, 3.63) is 70.0 Å². The molecule has 0 spiro atoms. The Kier molecular flexibility index (Phi) is 4.72. The van der Waals surface area contributed by atoms with Crippen LogP contribution in [0.15, 0.2) is 42.5 Å². The summed E-state index contributed by atoms with van der Waals surface area (Å²) in [4.78, 5) is 0. The van der Waals surface area contributed by atoms with Gasteiger partial charge in [-0.05, 0) is 24.6 Å². The van der Waals surface area contributed by atoms with Crippen molar-refractivity contribution in [2.45, 2.75) is 18.4 Å². The summed E-state index contributed by atoms with van der Waals surface area (Å²) >= 11 is 5.92. The fourth-order valence-corrected chi connectivity index (χ4v) is 3.34. The van der Waals surface area contributed by atoms with E-state index in [1.807, 2.05) is 31.2 Å². The maximum Gasteiger partial charge on any atom is 0.128 e. The van der Waals surface area contributed by atoms with Gasteiger partial charge < -0.3 is 0 Å². The summed E-state index contributed by atoms with van der Waals surface area (Å²) in [7, 11) is -1.17. The van der Waals surface area contributed by atoms with E-state index in [2.05, 4.69) is 0 Å². The van der Waals surface area contributed by atoms with Gasteiger partial charge in [0.1, 0.15) is 5.82 Å². The van der Waals surface area contributed by atoms with E-state index in [1.165, 1.54) is 6.07 Å². The molecule has 0 aliphatic heterocycles. The SMILES string of the molecule is Cc1ccc(C[S@@](=O)Cc2c(F)cccc2Cl)cc1. The highest BCUT2D eigenvalue weighted by molar-refractivity contribution is 7.83. The summed E-state index contributed by atoms with van der Waals surface area (Å²) in [5.74, 6) is 0.148. The number of aryl methyl sites for hydroxylation is 1. The number of benzene rings is 2. The van der Waals surface area contributed by atoms with Crippen LogP contribution in [-0.4, -0.2) is 4.21 Å². The first-order valence-electron chi connectivity index (χ1n) is 5.89. The highest BCUT2D eigenvalue weighted by atomic mass is 35.5. The lowest BCUT2D eigenvalue weighted by Crippen LogP contribution is -2.02. The molecule has 0 N–H and O–H groups in total. The summed E-state index contributed by atoms with van der Waals surface area (Å²) in [6.07, 6.45) is 0. The predicted molar refractivity (Wildman–Crippen MR) is 78.1 cm³/mol. The van der Waals surface area contributed by atoms with Gasteiger partial charge in [-0.1, -0.05) is 47.5 Å². The zero-order valence-electron chi connectivity index (χ0n) is 10.5. The van der Waals surface area contributed by atoms with E-state index in [0.717, 1.165) is 11.1 Å². The quantitative estimate of drug-likeness (QED) is 0.825. The molecule has 0 saturated heterocycles. The molecule has 100 valence electrons. The highest BCUT2D eigenvalue weighted by Gasteiger charge is 2.11. The Hall–Kier alpha value is -1.19. The van der Waals surface area contributed by atoms with Crippen molar-refractivity contribution in [2.24, 2.45) is 0 Å². The molecule has 1 atom stereocenters. The third-order valence-electron chi connectivity index (χ3n) is 2.82. The van der Waals surface area contributed by atoms with Gasteiger partial charge in [-0.3, -0.25) is 4.21 Å². The molecular formula is C15H14ClFOS. The van der Waals surface area contributed by atoms with Crippen LogP contribution in [0.1, 0.15) is 16.7 Å². The van der Waals surface area contributed by atoms with Crippen LogP contribution in [0.4, 0.5) is 4.39 Å². The zero-order chi connectivity index (χ0) is 13.8. The Labute approximate surface area is 119 Å². The van der Waals surface area contributed by atoms with Crippen molar-refractivity contribution < 1.29 is 8.60 Å². The van der Waals surface area contributed by atoms with E-state index in [4.69, 9.17) is 11.6 Å². The minimum absolute atomic E-state index is 0.138. The smallest absolute Gasteiger partial charge is 0.128 e. The molecule has 0 unspecified atom stereocenters. The van der Waals surface area contributed by atoms with E-state index in [0.29, 0.717) is 16.3 Å². The van der Waals surface area contributed by atoms with Crippen LogP contribution in [0.3, 0.4) is 0 Å². The molecule has 0 heterocycles. The molecule has 0 aromatic heterocycles. The lowest BCUT2D eigenvalue weighted by atomic mass is 10.2. The van der Waals surface area contributed by atoms with E-state index < -0.39 is 16.6 Å². The molecule has 0 radical (unpaired) electrons. The topological polar surface area (TPSA) is 17.1 Å². The lowest BCUT2D eigenvalue weighted by Gasteiger charge is -2.06. The summed E-state index contributed by atoms with van der Waals surface area (Å²) in [5.41, 5.74) is 2.47. The van der Waals surface area contributed by atoms with Gasteiger partial charge in [0.15, 0.2) is 0 Å². The molecule has 2 rings (SSSR count). The minimum Gasteiger partial charge on any atom is -0.259 e. The average Bonchev–Trinajstić information content (AvgIpc) is 2.37. The standard InChI is InChI=1S/C15H14ClFOS/c1-11-5-7-12(8-6-11)9-19(18)10-13-14(16)3-2-4-15(13)17/h2-8H,9-10H2,1H3/t19-/m1/s1. The molecule has 2 aromatic carbocycles. The zero-order valence-corrected chi connectivity index (χ0v) is 12.1. The Morgan fingerprint density at radius 1 is 1.11 bits per heavy atom. The van der Waals surface area contributed by atoms with Crippen LogP contribution < -0.4 is 0 Å². The first kappa shape index (κ1) is 14.2. The molecule has 0 fully saturated rings. The third kappa shape index (κ3) is 3.88. The maximum atomic E-state index is 13.6. The van der Waals surface area contributed by atoms with Gasteiger partial charge in [-0.25, -0.2) is 4.39 Å².